The van der Waals surface area contributed by atoms with Gasteiger partial charge in [0.25, 0.3) is 11.9 Å². The van der Waals surface area contributed by atoms with Gasteiger partial charge in [0.2, 0.25) is 0 Å². The SMILES string of the molecule is COc1ccc(CN(c2nc3c(C(N)=O)cccc3o2)C2CCNCC2)cc1OCC(C)C. The molecule has 3 aromatic rings. The number of ether oxygens (including phenoxy) is 2. The molecule has 8 nitrogen and oxygen atoms in total. The number of carbonyl (C=O) groups is 1. The summed E-state index contributed by atoms with van der Waals surface area (Å²) in [6, 6.07) is 12.0. The standard InChI is InChI=1S/C25H32N4O4/c1-16(2)15-32-22-13-17(7-8-20(22)31-3)14-29(18-9-11-27-12-10-18)25-28-23-19(24(26)30)5-4-6-21(23)33-25/h4-8,13,16,18,27H,9-12,14-15H2,1-3H3,(H2,26,30). The van der Waals surface area contributed by atoms with Crippen molar-refractivity contribution in [3.8, 4) is 11.5 Å². The first-order chi connectivity index (χ1) is 16.0. The molecular weight excluding hydrogens is 420 g/mol. The van der Waals surface area contributed by atoms with Crippen LogP contribution in [0, 0.1) is 5.92 Å². The zero-order valence-electron chi connectivity index (χ0n) is 19.5. The molecule has 1 amide bonds. The van der Waals surface area contributed by atoms with E-state index in [2.05, 4.69) is 24.1 Å². The van der Waals surface area contributed by atoms with Crippen LogP contribution in [-0.4, -0.2) is 43.7 Å². The molecule has 1 aromatic heterocycles. The molecule has 3 N–H and O–H groups in total. The summed E-state index contributed by atoms with van der Waals surface area (Å²) in [4.78, 5) is 18.8. The number of rotatable bonds is 9. The fourth-order valence-electron chi connectivity index (χ4n) is 4.12. The van der Waals surface area contributed by atoms with E-state index >= 15 is 0 Å². The molecule has 2 heterocycles. The lowest BCUT2D eigenvalue weighted by Gasteiger charge is -2.33. The number of para-hydroxylation sites is 1. The molecule has 0 bridgehead atoms. The number of methoxy groups -OCH3 is 1. The summed E-state index contributed by atoms with van der Waals surface area (Å²) in [6.45, 7) is 7.29. The second-order valence-electron chi connectivity index (χ2n) is 8.81. The summed E-state index contributed by atoms with van der Waals surface area (Å²) in [5, 5.41) is 3.41. The van der Waals surface area contributed by atoms with Crippen molar-refractivity contribution in [2.45, 2.75) is 39.3 Å². The number of piperidine rings is 1. The maximum Gasteiger partial charge on any atom is 0.298 e. The number of benzene rings is 2. The minimum absolute atomic E-state index is 0.249. The molecule has 2 aromatic carbocycles. The molecule has 1 aliphatic rings. The van der Waals surface area contributed by atoms with Crippen LogP contribution in [-0.2, 0) is 6.54 Å². The molecule has 176 valence electrons. The smallest absolute Gasteiger partial charge is 0.298 e. The predicted octanol–water partition coefficient (Wildman–Crippen LogP) is 3.73. The van der Waals surface area contributed by atoms with Crippen molar-refractivity contribution in [2.24, 2.45) is 11.7 Å². The van der Waals surface area contributed by atoms with Crippen molar-refractivity contribution in [3.63, 3.8) is 0 Å². The van der Waals surface area contributed by atoms with E-state index in [-0.39, 0.29) is 6.04 Å². The Balaban J connectivity index is 1.69. The number of amides is 1. The molecule has 0 atom stereocenters. The first-order valence-corrected chi connectivity index (χ1v) is 11.4. The quantitative estimate of drug-likeness (QED) is 0.510. The first kappa shape index (κ1) is 22.9. The van der Waals surface area contributed by atoms with Crippen LogP contribution >= 0.6 is 0 Å². The molecule has 1 saturated heterocycles. The van der Waals surface area contributed by atoms with Crippen LogP contribution in [0.25, 0.3) is 11.1 Å². The number of fused-ring (bicyclic) bond motifs is 1. The van der Waals surface area contributed by atoms with Gasteiger partial charge in [0.15, 0.2) is 17.1 Å². The number of anilines is 1. The van der Waals surface area contributed by atoms with Crippen LogP contribution in [0.3, 0.4) is 0 Å². The maximum absolute atomic E-state index is 11.9. The molecule has 1 aliphatic heterocycles. The summed E-state index contributed by atoms with van der Waals surface area (Å²) < 4.78 is 17.6. The Kier molecular flexibility index (Phi) is 7.03. The van der Waals surface area contributed by atoms with Crippen molar-refractivity contribution in [2.75, 3.05) is 31.7 Å². The van der Waals surface area contributed by atoms with Gasteiger partial charge in [-0.2, -0.15) is 4.98 Å². The average molecular weight is 453 g/mol. The van der Waals surface area contributed by atoms with Crippen LogP contribution in [0.4, 0.5) is 6.01 Å². The van der Waals surface area contributed by atoms with E-state index in [1.54, 1.807) is 19.2 Å². The third kappa shape index (κ3) is 5.22. The summed E-state index contributed by atoms with van der Waals surface area (Å²) in [5.41, 5.74) is 8.03. The summed E-state index contributed by atoms with van der Waals surface area (Å²) in [7, 11) is 1.65. The third-order valence-electron chi connectivity index (χ3n) is 5.82. The molecule has 0 radical (unpaired) electrons. The van der Waals surface area contributed by atoms with Crippen LogP contribution in [0.15, 0.2) is 40.8 Å². The van der Waals surface area contributed by atoms with E-state index < -0.39 is 5.91 Å². The third-order valence-corrected chi connectivity index (χ3v) is 5.82. The topological polar surface area (TPSA) is 103 Å². The fourth-order valence-corrected chi connectivity index (χ4v) is 4.12. The van der Waals surface area contributed by atoms with Gasteiger partial charge in [-0.05, 0) is 61.7 Å². The Labute approximate surface area is 194 Å². The predicted molar refractivity (Wildman–Crippen MR) is 128 cm³/mol. The monoisotopic (exact) mass is 452 g/mol. The number of hydrogen-bond acceptors (Lipinski definition) is 7. The number of carbonyl (C=O) groups excluding carboxylic acids is 1. The number of nitrogens with zero attached hydrogens (tertiary/aromatic N) is 2. The molecular formula is C25H32N4O4. The zero-order valence-corrected chi connectivity index (χ0v) is 19.5. The van der Waals surface area contributed by atoms with E-state index in [0.29, 0.717) is 47.5 Å². The van der Waals surface area contributed by atoms with Gasteiger partial charge in [-0.15, -0.1) is 0 Å². The van der Waals surface area contributed by atoms with Crippen molar-refractivity contribution in [1.29, 1.82) is 0 Å². The van der Waals surface area contributed by atoms with Crippen LogP contribution in [0.1, 0.15) is 42.6 Å². The Morgan fingerprint density at radius 3 is 2.73 bits per heavy atom. The van der Waals surface area contributed by atoms with Gasteiger partial charge in [0, 0.05) is 12.6 Å². The molecule has 0 aliphatic carbocycles. The number of primary amides is 1. The van der Waals surface area contributed by atoms with E-state index in [1.807, 2.05) is 24.3 Å². The van der Waals surface area contributed by atoms with E-state index in [4.69, 9.17) is 24.6 Å². The highest BCUT2D eigenvalue weighted by atomic mass is 16.5. The van der Waals surface area contributed by atoms with Crippen LogP contribution < -0.4 is 25.4 Å². The molecule has 0 saturated carbocycles. The van der Waals surface area contributed by atoms with E-state index in [0.717, 1.165) is 37.2 Å². The Morgan fingerprint density at radius 1 is 1.24 bits per heavy atom. The molecule has 4 rings (SSSR count). The molecule has 0 spiro atoms. The summed E-state index contributed by atoms with van der Waals surface area (Å²) in [5.74, 6) is 1.32. The van der Waals surface area contributed by atoms with Gasteiger partial charge in [-0.3, -0.25) is 4.79 Å². The number of nitrogens with two attached hydrogens (primary N) is 1. The lowest BCUT2D eigenvalue weighted by atomic mass is 10.0. The van der Waals surface area contributed by atoms with Crippen LogP contribution in [0.2, 0.25) is 0 Å². The van der Waals surface area contributed by atoms with Crippen molar-refractivity contribution >= 4 is 23.0 Å². The number of oxazole rings is 1. The van der Waals surface area contributed by atoms with Gasteiger partial charge in [-0.1, -0.05) is 26.0 Å². The molecule has 33 heavy (non-hydrogen) atoms. The first-order valence-electron chi connectivity index (χ1n) is 11.4. The van der Waals surface area contributed by atoms with Gasteiger partial charge < -0.3 is 29.8 Å². The lowest BCUT2D eigenvalue weighted by molar-refractivity contribution is 0.100. The molecule has 8 heteroatoms. The van der Waals surface area contributed by atoms with Gasteiger partial charge >= 0.3 is 0 Å². The Bertz CT molecular complexity index is 1100. The minimum atomic E-state index is -0.518. The van der Waals surface area contributed by atoms with Gasteiger partial charge in [0.05, 0.1) is 19.3 Å². The maximum atomic E-state index is 11.9. The lowest BCUT2D eigenvalue weighted by Crippen LogP contribution is -2.43. The molecule has 1 fully saturated rings. The highest BCUT2D eigenvalue weighted by Crippen LogP contribution is 2.32. The highest BCUT2D eigenvalue weighted by Gasteiger charge is 2.27. The highest BCUT2D eigenvalue weighted by molar-refractivity contribution is 6.03. The second-order valence-corrected chi connectivity index (χ2v) is 8.81. The summed E-state index contributed by atoms with van der Waals surface area (Å²) >= 11 is 0. The minimum Gasteiger partial charge on any atom is -0.493 e. The Morgan fingerprint density at radius 2 is 2.03 bits per heavy atom. The Hall–Kier alpha value is -3.26. The number of nitrogens with one attached hydrogen (secondary N) is 1. The number of aromatic nitrogens is 1. The van der Waals surface area contributed by atoms with Crippen molar-refractivity contribution in [3.05, 3.63) is 47.5 Å². The van der Waals surface area contributed by atoms with Gasteiger partial charge in [-0.25, -0.2) is 0 Å². The zero-order chi connectivity index (χ0) is 23.4. The number of hydrogen-bond donors (Lipinski definition) is 2. The van der Waals surface area contributed by atoms with Crippen LogP contribution in [0.5, 0.6) is 11.5 Å². The van der Waals surface area contributed by atoms with E-state index in [1.165, 1.54) is 0 Å². The largest absolute Gasteiger partial charge is 0.493 e. The van der Waals surface area contributed by atoms with Crippen molar-refractivity contribution < 1.29 is 18.7 Å². The van der Waals surface area contributed by atoms with Gasteiger partial charge in [0.1, 0.15) is 5.52 Å². The summed E-state index contributed by atoms with van der Waals surface area (Å²) in [6.07, 6.45) is 1.93. The van der Waals surface area contributed by atoms with E-state index in [9.17, 15) is 4.79 Å². The second kappa shape index (κ2) is 10.1. The van der Waals surface area contributed by atoms with Crippen molar-refractivity contribution in [1.82, 2.24) is 10.3 Å². The normalized spacial score (nSPS) is 14.5. The fraction of sp³-hybridized carbons (Fsp3) is 0.440. The molecule has 0 unspecified atom stereocenters. The average Bonchev–Trinajstić information content (AvgIpc) is 3.25.